The van der Waals surface area contributed by atoms with Gasteiger partial charge in [0.2, 0.25) is 0 Å². The van der Waals surface area contributed by atoms with E-state index in [2.05, 4.69) is 34.6 Å². The van der Waals surface area contributed by atoms with E-state index < -0.39 is 11.7 Å². The minimum absolute atomic E-state index is 0.136. The van der Waals surface area contributed by atoms with Gasteiger partial charge in [-0.25, -0.2) is 0 Å². The van der Waals surface area contributed by atoms with E-state index in [0.717, 1.165) is 25.2 Å². The van der Waals surface area contributed by atoms with Gasteiger partial charge >= 0.3 is 0 Å². The van der Waals surface area contributed by atoms with Crippen LogP contribution in [0, 0.1) is 34.5 Å². The fourth-order valence-corrected chi connectivity index (χ4v) is 6.84. The van der Waals surface area contributed by atoms with Gasteiger partial charge in [0.15, 0.2) is 0 Å². The molecule has 0 bridgehead atoms. The predicted molar refractivity (Wildman–Crippen MR) is 90.5 cm³/mol. The van der Waals surface area contributed by atoms with Crippen molar-refractivity contribution >= 4 is 0 Å². The van der Waals surface area contributed by atoms with E-state index >= 15 is 0 Å². The SMILES string of the molecule is CC(C)[C@@]1(O)CC[C@H]2C(CC[C@H]3C(C)(C)CCC[C@]23C)[C@H]1O. The van der Waals surface area contributed by atoms with Crippen LogP contribution in [-0.2, 0) is 0 Å². The lowest BCUT2D eigenvalue weighted by Gasteiger charge is -2.63. The Balaban J connectivity index is 1.90. The molecule has 22 heavy (non-hydrogen) atoms. The van der Waals surface area contributed by atoms with Gasteiger partial charge in [0.25, 0.3) is 0 Å². The fraction of sp³-hybridized carbons (Fsp3) is 1.00. The minimum atomic E-state index is -0.867. The van der Waals surface area contributed by atoms with E-state index in [4.69, 9.17) is 0 Å². The molecule has 0 spiro atoms. The van der Waals surface area contributed by atoms with E-state index in [1.165, 1.54) is 25.7 Å². The van der Waals surface area contributed by atoms with Gasteiger partial charge in [-0.3, -0.25) is 0 Å². The van der Waals surface area contributed by atoms with E-state index in [1.807, 2.05) is 0 Å². The summed E-state index contributed by atoms with van der Waals surface area (Å²) < 4.78 is 0. The van der Waals surface area contributed by atoms with Crippen LogP contribution in [0.5, 0.6) is 0 Å². The number of aliphatic hydroxyl groups is 2. The molecule has 3 rings (SSSR count). The molecule has 2 N–H and O–H groups in total. The first-order valence-corrected chi connectivity index (χ1v) is 9.53. The topological polar surface area (TPSA) is 40.5 Å². The van der Waals surface area contributed by atoms with E-state index in [1.54, 1.807) is 0 Å². The van der Waals surface area contributed by atoms with Crippen molar-refractivity contribution in [3.8, 4) is 0 Å². The number of hydrogen-bond acceptors (Lipinski definition) is 2. The third-order valence-electron chi connectivity index (χ3n) is 8.20. The lowest BCUT2D eigenvalue weighted by molar-refractivity contribution is -0.212. The van der Waals surface area contributed by atoms with Crippen LogP contribution in [-0.4, -0.2) is 21.9 Å². The number of hydrogen-bond donors (Lipinski definition) is 2. The van der Waals surface area contributed by atoms with Crippen molar-refractivity contribution in [2.75, 3.05) is 0 Å². The van der Waals surface area contributed by atoms with Crippen LogP contribution in [0.2, 0.25) is 0 Å². The fourth-order valence-electron chi connectivity index (χ4n) is 6.84. The van der Waals surface area contributed by atoms with Crippen LogP contribution in [0.15, 0.2) is 0 Å². The molecule has 1 unspecified atom stereocenters. The van der Waals surface area contributed by atoms with Crippen LogP contribution in [0.1, 0.15) is 79.6 Å². The molecule has 0 aromatic heterocycles. The molecular weight excluding hydrogens is 272 g/mol. The van der Waals surface area contributed by atoms with Gasteiger partial charge in [-0.05, 0) is 73.0 Å². The summed E-state index contributed by atoms with van der Waals surface area (Å²) in [6, 6.07) is 0. The highest BCUT2D eigenvalue weighted by Gasteiger charge is 2.60. The number of fused-ring (bicyclic) bond motifs is 3. The second-order valence-corrected chi connectivity index (χ2v) is 9.88. The second-order valence-electron chi connectivity index (χ2n) is 9.88. The van der Waals surface area contributed by atoms with Crippen LogP contribution in [0.4, 0.5) is 0 Å². The van der Waals surface area contributed by atoms with Crippen molar-refractivity contribution < 1.29 is 10.2 Å². The summed E-state index contributed by atoms with van der Waals surface area (Å²) in [5.41, 5.74) is -0.0623. The average Bonchev–Trinajstić information content (AvgIpc) is 2.41. The van der Waals surface area contributed by atoms with Gasteiger partial charge in [-0.15, -0.1) is 0 Å². The Morgan fingerprint density at radius 2 is 1.64 bits per heavy atom. The molecule has 3 saturated carbocycles. The summed E-state index contributed by atoms with van der Waals surface area (Å²) in [5.74, 6) is 1.82. The molecule has 0 heterocycles. The van der Waals surface area contributed by atoms with Gasteiger partial charge in [0, 0.05) is 0 Å². The van der Waals surface area contributed by atoms with E-state index in [-0.39, 0.29) is 5.92 Å². The maximum Gasteiger partial charge on any atom is 0.0931 e. The minimum Gasteiger partial charge on any atom is -0.390 e. The summed E-state index contributed by atoms with van der Waals surface area (Å²) in [4.78, 5) is 0. The summed E-state index contributed by atoms with van der Waals surface area (Å²) in [5, 5.41) is 22.0. The molecule has 2 nitrogen and oxygen atoms in total. The maximum absolute atomic E-state index is 11.0. The molecule has 0 aliphatic heterocycles. The molecule has 0 saturated heterocycles. The van der Waals surface area contributed by atoms with Crippen molar-refractivity contribution in [2.45, 2.75) is 91.3 Å². The van der Waals surface area contributed by atoms with Gasteiger partial charge < -0.3 is 10.2 Å². The Morgan fingerprint density at radius 1 is 0.955 bits per heavy atom. The van der Waals surface area contributed by atoms with Crippen LogP contribution < -0.4 is 0 Å². The second kappa shape index (κ2) is 5.21. The molecule has 2 heteroatoms. The number of rotatable bonds is 1. The van der Waals surface area contributed by atoms with Crippen LogP contribution in [0.25, 0.3) is 0 Å². The van der Waals surface area contributed by atoms with Crippen LogP contribution >= 0.6 is 0 Å². The van der Waals surface area contributed by atoms with Gasteiger partial charge in [-0.2, -0.15) is 0 Å². The monoisotopic (exact) mass is 308 g/mol. The van der Waals surface area contributed by atoms with Crippen molar-refractivity contribution in [1.29, 1.82) is 0 Å². The van der Waals surface area contributed by atoms with Crippen molar-refractivity contribution in [3.05, 3.63) is 0 Å². The maximum atomic E-state index is 11.0. The van der Waals surface area contributed by atoms with Gasteiger partial charge in [-0.1, -0.05) is 41.0 Å². The summed E-state index contributed by atoms with van der Waals surface area (Å²) in [7, 11) is 0. The third kappa shape index (κ3) is 2.20. The third-order valence-corrected chi connectivity index (χ3v) is 8.20. The highest BCUT2D eigenvalue weighted by atomic mass is 16.3. The molecule has 0 aromatic rings. The summed E-state index contributed by atoms with van der Waals surface area (Å²) >= 11 is 0. The first-order valence-electron chi connectivity index (χ1n) is 9.53. The van der Waals surface area contributed by atoms with Gasteiger partial charge in [0.1, 0.15) is 0 Å². The standard InChI is InChI=1S/C20H36O2/c1-13(2)20(22)12-9-15-14(17(20)21)7-8-16-18(3,4)10-6-11-19(15,16)5/h13-17,21-22H,6-12H2,1-5H3/t14?,15-,16-,17+,19+,20-/m0/s1. The zero-order valence-electron chi connectivity index (χ0n) is 15.2. The molecule has 0 aromatic carbocycles. The molecule has 128 valence electrons. The highest BCUT2D eigenvalue weighted by molar-refractivity contribution is 5.10. The first kappa shape index (κ1) is 16.8. The largest absolute Gasteiger partial charge is 0.390 e. The van der Waals surface area contributed by atoms with Crippen molar-refractivity contribution in [2.24, 2.45) is 34.5 Å². The quantitative estimate of drug-likeness (QED) is 0.754. The molecule has 3 aliphatic carbocycles. The normalized spacial score (nSPS) is 51.3. The van der Waals surface area contributed by atoms with Gasteiger partial charge in [0.05, 0.1) is 11.7 Å². The average molecular weight is 309 g/mol. The lowest BCUT2D eigenvalue weighted by Crippen LogP contribution is -2.62. The first-order chi connectivity index (χ1) is 10.1. The molecule has 0 radical (unpaired) electrons. The molecule has 3 aliphatic rings. The smallest absolute Gasteiger partial charge is 0.0931 e. The highest BCUT2D eigenvalue weighted by Crippen LogP contribution is 2.64. The molecular formula is C20H36O2. The Bertz CT molecular complexity index is 429. The van der Waals surface area contributed by atoms with Crippen molar-refractivity contribution in [1.82, 2.24) is 0 Å². The zero-order valence-corrected chi connectivity index (χ0v) is 15.2. The Labute approximate surface area is 136 Å². The zero-order chi connectivity index (χ0) is 16.3. The Kier molecular flexibility index (Phi) is 3.97. The lowest BCUT2D eigenvalue weighted by atomic mass is 9.43. The van der Waals surface area contributed by atoms with Crippen LogP contribution in [0.3, 0.4) is 0 Å². The van der Waals surface area contributed by atoms with Crippen molar-refractivity contribution in [3.63, 3.8) is 0 Å². The predicted octanol–water partition coefficient (Wildman–Crippen LogP) is 4.39. The number of aliphatic hydroxyl groups excluding tert-OH is 1. The summed E-state index contributed by atoms with van der Waals surface area (Å²) in [6.07, 6.45) is 7.66. The van der Waals surface area contributed by atoms with E-state index in [0.29, 0.717) is 22.7 Å². The molecule has 6 atom stereocenters. The van der Waals surface area contributed by atoms with E-state index in [9.17, 15) is 10.2 Å². The Morgan fingerprint density at radius 3 is 2.27 bits per heavy atom. The molecule has 0 amide bonds. The summed E-state index contributed by atoms with van der Waals surface area (Å²) in [6.45, 7) is 11.5. The Hall–Kier alpha value is -0.0800. The molecule has 3 fully saturated rings.